The van der Waals surface area contributed by atoms with E-state index in [1.54, 1.807) is 0 Å². The van der Waals surface area contributed by atoms with Crippen molar-refractivity contribution in [3.8, 4) is 0 Å². The number of carbonyl (C=O) groups excluding carboxylic acids is 3. The number of benzene rings is 3. The Kier molecular flexibility index (Phi) is 11.4. The predicted octanol–water partition coefficient (Wildman–Crippen LogP) is 4.35. The molecule has 3 aromatic rings. The lowest BCUT2D eigenvalue weighted by molar-refractivity contribution is -0.148. The van der Waals surface area contributed by atoms with Crippen LogP contribution in [0.1, 0.15) is 74.5 Å². The van der Waals surface area contributed by atoms with E-state index in [-0.39, 0.29) is 37.7 Å². The summed E-state index contributed by atoms with van der Waals surface area (Å²) in [5.41, 5.74) is 0.940. The van der Waals surface area contributed by atoms with Crippen molar-refractivity contribution in [3.63, 3.8) is 0 Å². The molecule has 3 saturated heterocycles. The molecule has 0 aromatic heterocycles. The molecule has 7 rings (SSSR count). The van der Waals surface area contributed by atoms with Crippen molar-refractivity contribution in [2.45, 2.75) is 87.5 Å². The summed E-state index contributed by atoms with van der Waals surface area (Å²) in [6.45, 7) is 3.75. The first-order valence-electron chi connectivity index (χ1n) is 19.5. The Labute approximate surface area is 308 Å². The minimum absolute atomic E-state index is 0.00530. The summed E-state index contributed by atoms with van der Waals surface area (Å²) in [5, 5.41) is 25.0. The quantitative estimate of drug-likeness (QED) is 0.271. The maximum absolute atomic E-state index is 15.4. The lowest BCUT2D eigenvalue weighted by atomic mass is 9.68. The Hall–Kier alpha value is -4.05. The summed E-state index contributed by atoms with van der Waals surface area (Å²) < 4.78 is 0. The number of aliphatic hydroxyl groups is 2. The Morgan fingerprint density at radius 3 is 1.73 bits per heavy atom. The molecule has 276 valence electrons. The van der Waals surface area contributed by atoms with Crippen molar-refractivity contribution in [2.24, 2.45) is 11.8 Å². The standard InChI is InChI=1S/C43H54N4O5/c48-36-24-38(40(50)44-26-32-16-13-23-45(28-32)27-31-14-5-1-6-15-31)46(29-36)41(51)39-25-37(49)30-47(39)42(52)43(33-17-7-2-8-18-33,34-19-9-3-10-20-34)35-21-11-4-12-22-35/h2-4,7-12,17-22,31-32,36-39,48-49H,1,5-6,13-16,23-30H2,(H,44,50)/t32-,36+,37-,38-,39+/m1/s1. The van der Waals surface area contributed by atoms with Gasteiger partial charge in [-0.15, -0.1) is 0 Å². The first-order valence-corrected chi connectivity index (χ1v) is 19.5. The second-order valence-corrected chi connectivity index (χ2v) is 15.6. The molecule has 0 spiro atoms. The van der Waals surface area contributed by atoms with Gasteiger partial charge in [0.1, 0.15) is 17.5 Å². The second-order valence-electron chi connectivity index (χ2n) is 15.6. The molecule has 9 heteroatoms. The van der Waals surface area contributed by atoms with E-state index in [1.165, 1.54) is 41.9 Å². The van der Waals surface area contributed by atoms with Crippen molar-refractivity contribution in [3.05, 3.63) is 108 Å². The maximum atomic E-state index is 15.4. The third-order valence-electron chi connectivity index (χ3n) is 12.0. The van der Waals surface area contributed by atoms with Crippen LogP contribution in [0.5, 0.6) is 0 Å². The molecule has 1 aliphatic carbocycles. The van der Waals surface area contributed by atoms with Crippen molar-refractivity contribution in [1.82, 2.24) is 20.0 Å². The van der Waals surface area contributed by atoms with Crippen molar-refractivity contribution < 1.29 is 24.6 Å². The molecule has 0 unspecified atom stereocenters. The summed E-state index contributed by atoms with van der Waals surface area (Å²) in [4.78, 5) is 49.3. The van der Waals surface area contributed by atoms with Crippen LogP contribution in [0.4, 0.5) is 0 Å². The Balaban J connectivity index is 1.11. The molecule has 3 N–H and O–H groups in total. The van der Waals surface area contributed by atoms with Gasteiger partial charge in [0, 0.05) is 45.6 Å². The van der Waals surface area contributed by atoms with Gasteiger partial charge in [0.25, 0.3) is 0 Å². The van der Waals surface area contributed by atoms with Gasteiger partial charge in [0.05, 0.1) is 12.2 Å². The fraction of sp³-hybridized carbons (Fsp3) is 0.512. The highest BCUT2D eigenvalue weighted by molar-refractivity contribution is 6.00. The lowest BCUT2D eigenvalue weighted by Gasteiger charge is -2.40. The number of amides is 3. The Morgan fingerprint density at radius 2 is 1.15 bits per heavy atom. The number of nitrogens with zero attached hydrogens (tertiary/aromatic N) is 3. The van der Waals surface area contributed by atoms with Crippen LogP contribution in [-0.4, -0.2) is 106 Å². The number of β-amino-alcohol motifs (C(OH)–C–C–N with tert-alkyl or cyclic N) is 2. The SMILES string of the molecule is O=C(NC[C@H]1CCCN(CC2CCCCC2)C1)[C@H]1C[C@H](O)CN1C(=O)[C@@H]1C[C@@H](O)CN1C(=O)C(c1ccccc1)(c1ccccc1)c1ccccc1. The number of carbonyl (C=O) groups is 3. The average molecular weight is 707 g/mol. The first-order chi connectivity index (χ1) is 25.3. The van der Waals surface area contributed by atoms with E-state index < -0.39 is 35.6 Å². The topological polar surface area (TPSA) is 113 Å². The third-order valence-corrected chi connectivity index (χ3v) is 12.0. The molecule has 3 amide bonds. The lowest BCUT2D eigenvalue weighted by Crippen LogP contribution is -2.56. The number of rotatable bonds is 10. The largest absolute Gasteiger partial charge is 0.391 e. The molecule has 9 nitrogen and oxygen atoms in total. The number of nitrogens with one attached hydrogen (secondary N) is 1. The van der Waals surface area contributed by atoms with Gasteiger partial charge >= 0.3 is 0 Å². The van der Waals surface area contributed by atoms with E-state index in [2.05, 4.69) is 10.2 Å². The zero-order valence-electron chi connectivity index (χ0n) is 30.2. The zero-order chi connectivity index (χ0) is 36.1. The summed E-state index contributed by atoms with van der Waals surface area (Å²) in [6, 6.07) is 26.9. The van der Waals surface area contributed by atoms with Gasteiger partial charge in [0.2, 0.25) is 17.7 Å². The fourth-order valence-corrected chi connectivity index (χ4v) is 9.50. The van der Waals surface area contributed by atoms with Crippen LogP contribution >= 0.6 is 0 Å². The highest BCUT2D eigenvalue weighted by Gasteiger charge is 2.53. The van der Waals surface area contributed by atoms with Gasteiger partial charge in [0.15, 0.2) is 0 Å². The molecule has 4 fully saturated rings. The van der Waals surface area contributed by atoms with Gasteiger partial charge in [-0.2, -0.15) is 0 Å². The Bertz CT molecular complexity index is 1550. The van der Waals surface area contributed by atoms with Crippen LogP contribution in [0.3, 0.4) is 0 Å². The van der Waals surface area contributed by atoms with Crippen LogP contribution in [0.2, 0.25) is 0 Å². The predicted molar refractivity (Wildman–Crippen MR) is 200 cm³/mol. The average Bonchev–Trinajstić information content (AvgIpc) is 3.78. The monoisotopic (exact) mass is 706 g/mol. The summed E-state index contributed by atoms with van der Waals surface area (Å²) in [7, 11) is 0. The van der Waals surface area contributed by atoms with Crippen LogP contribution in [-0.2, 0) is 19.8 Å². The normalized spacial score (nSPS) is 26.0. The number of piperidine rings is 1. The van der Waals surface area contributed by atoms with E-state index in [0.717, 1.165) is 55.1 Å². The van der Waals surface area contributed by atoms with Gasteiger partial charge in [-0.25, -0.2) is 0 Å². The van der Waals surface area contributed by atoms with Crippen molar-refractivity contribution >= 4 is 17.7 Å². The third kappa shape index (κ3) is 7.54. The number of hydrogen-bond acceptors (Lipinski definition) is 6. The van der Waals surface area contributed by atoms with E-state index in [9.17, 15) is 19.8 Å². The molecule has 3 heterocycles. The summed E-state index contributed by atoms with van der Waals surface area (Å²) >= 11 is 0. The second kappa shape index (κ2) is 16.3. The van der Waals surface area contributed by atoms with Gasteiger partial charge in [-0.1, -0.05) is 110 Å². The molecule has 3 aromatic carbocycles. The zero-order valence-corrected chi connectivity index (χ0v) is 30.2. The highest BCUT2D eigenvalue weighted by Crippen LogP contribution is 2.43. The molecule has 0 radical (unpaired) electrons. The molecule has 5 atom stereocenters. The molecule has 1 saturated carbocycles. The smallest absolute Gasteiger partial charge is 0.246 e. The summed E-state index contributed by atoms with van der Waals surface area (Å²) in [5.74, 6) is 0.123. The first kappa shape index (κ1) is 36.3. The fourth-order valence-electron chi connectivity index (χ4n) is 9.50. The van der Waals surface area contributed by atoms with E-state index in [1.807, 2.05) is 91.0 Å². The molecule has 4 aliphatic rings. The van der Waals surface area contributed by atoms with Crippen molar-refractivity contribution in [1.29, 1.82) is 0 Å². The van der Waals surface area contributed by atoms with Crippen LogP contribution in [0.15, 0.2) is 91.0 Å². The highest BCUT2D eigenvalue weighted by atomic mass is 16.3. The van der Waals surface area contributed by atoms with Crippen LogP contribution in [0, 0.1) is 11.8 Å². The van der Waals surface area contributed by atoms with E-state index >= 15 is 4.79 Å². The molecule has 52 heavy (non-hydrogen) atoms. The molecular formula is C43H54N4O5. The Morgan fingerprint density at radius 1 is 0.635 bits per heavy atom. The molecular weight excluding hydrogens is 652 g/mol. The number of aliphatic hydroxyl groups excluding tert-OH is 2. The van der Waals surface area contributed by atoms with Gasteiger partial charge in [-0.05, 0) is 60.8 Å². The summed E-state index contributed by atoms with van der Waals surface area (Å²) in [6.07, 6.45) is 7.25. The van der Waals surface area contributed by atoms with Gasteiger partial charge < -0.3 is 30.2 Å². The van der Waals surface area contributed by atoms with Crippen molar-refractivity contribution in [2.75, 3.05) is 39.3 Å². The maximum Gasteiger partial charge on any atom is 0.246 e. The van der Waals surface area contributed by atoms with Crippen LogP contribution < -0.4 is 5.32 Å². The minimum atomic E-state index is -1.31. The van der Waals surface area contributed by atoms with Crippen LogP contribution in [0.25, 0.3) is 0 Å². The number of hydrogen-bond donors (Lipinski definition) is 3. The molecule has 3 aliphatic heterocycles. The minimum Gasteiger partial charge on any atom is -0.391 e. The van der Waals surface area contributed by atoms with E-state index in [0.29, 0.717) is 12.5 Å². The van der Waals surface area contributed by atoms with Gasteiger partial charge in [-0.3, -0.25) is 14.4 Å². The molecule has 0 bridgehead atoms. The number of likely N-dealkylation sites (tertiary alicyclic amines) is 3. The van der Waals surface area contributed by atoms with E-state index in [4.69, 9.17) is 0 Å².